The van der Waals surface area contributed by atoms with Crippen LogP contribution in [-0.2, 0) is 12.1 Å². The Balaban J connectivity index is 1.45. The van der Waals surface area contributed by atoms with Crippen molar-refractivity contribution in [3.05, 3.63) is 52.5 Å². The number of methoxy groups -OCH3 is 1. The Morgan fingerprint density at radius 3 is 2.73 bits per heavy atom. The van der Waals surface area contributed by atoms with E-state index in [1.807, 2.05) is 36.4 Å². The molecular formula is C20H22ClNO4. The number of rotatable bonds is 4. The molecule has 5 nitrogen and oxygen atoms in total. The summed E-state index contributed by atoms with van der Waals surface area (Å²) in [6.07, 6.45) is 1.32. The largest absolute Gasteiger partial charge is 0.496 e. The van der Waals surface area contributed by atoms with Gasteiger partial charge in [0.25, 0.3) is 0 Å². The van der Waals surface area contributed by atoms with Gasteiger partial charge in [-0.15, -0.1) is 0 Å². The van der Waals surface area contributed by atoms with E-state index in [-0.39, 0.29) is 6.79 Å². The third-order valence-electron chi connectivity index (χ3n) is 5.18. The van der Waals surface area contributed by atoms with Crippen LogP contribution in [0.5, 0.6) is 17.2 Å². The van der Waals surface area contributed by atoms with Crippen molar-refractivity contribution in [1.29, 1.82) is 0 Å². The molecule has 4 rings (SSSR count). The van der Waals surface area contributed by atoms with Crippen LogP contribution in [0, 0.1) is 0 Å². The molecule has 0 atom stereocenters. The van der Waals surface area contributed by atoms with Gasteiger partial charge in [-0.3, -0.25) is 4.90 Å². The zero-order chi connectivity index (χ0) is 18.1. The van der Waals surface area contributed by atoms with Crippen LogP contribution in [0.4, 0.5) is 0 Å². The normalized spacial score (nSPS) is 18.7. The molecule has 0 amide bonds. The maximum Gasteiger partial charge on any atom is 0.231 e. The molecule has 2 aliphatic rings. The Bertz CT molecular complexity index is 802. The molecule has 2 heterocycles. The lowest BCUT2D eigenvalue weighted by atomic mass is 9.84. The second kappa shape index (κ2) is 6.99. The minimum Gasteiger partial charge on any atom is -0.496 e. The maximum absolute atomic E-state index is 11.1. The van der Waals surface area contributed by atoms with Crippen molar-refractivity contribution in [2.75, 3.05) is 27.0 Å². The first-order valence-electron chi connectivity index (χ1n) is 8.75. The molecule has 1 saturated heterocycles. The summed E-state index contributed by atoms with van der Waals surface area (Å²) in [5, 5.41) is 11.7. The smallest absolute Gasteiger partial charge is 0.231 e. The number of para-hydroxylation sites is 1. The molecular weight excluding hydrogens is 354 g/mol. The van der Waals surface area contributed by atoms with Crippen LogP contribution in [0.25, 0.3) is 0 Å². The average Bonchev–Trinajstić information content (AvgIpc) is 3.13. The molecule has 138 valence electrons. The molecule has 2 aromatic rings. The summed E-state index contributed by atoms with van der Waals surface area (Å²) in [5.74, 6) is 2.07. The number of likely N-dealkylation sites (tertiary alicyclic amines) is 1. The Hall–Kier alpha value is -1.95. The monoisotopic (exact) mass is 375 g/mol. The third kappa shape index (κ3) is 3.22. The van der Waals surface area contributed by atoms with Crippen molar-refractivity contribution < 1.29 is 19.3 Å². The number of fused-ring (bicyclic) bond motifs is 1. The fraction of sp³-hybridized carbons (Fsp3) is 0.400. The molecule has 26 heavy (non-hydrogen) atoms. The molecule has 0 bridgehead atoms. The van der Waals surface area contributed by atoms with Gasteiger partial charge in [-0.05, 0) is 36.6 Å². The zero-order valence-corrected chi connectivity index (χ0v) is 15.5. The minimum absolute atomic E-state index is 0.216. The number of ether oxygens (including phenoxy) is 3. The Morgan fingerprint density at radius 2 is 1.96 bits per heavy atom. The second-order valence-corrected chi connectivity index (χ2v) is 7.23. The molecule has 0 spiro atoms. The fourth-order valence-corrected chi connectivity index (χ4v) is 4.04. The van der Waals surface area contributed by atoms with Crippen LogP contribution < -0.4 is 14.2 Å². The quantitative estimate of drug-likeness (QED) is 0.885. The van der Waals surface area contributed by atoms with Gasteiger partial charge in [0.1, 0.15) is 5.75 Å². The van der Waals surface area contributed by atoms with Crippen molar-refractivity contribution in [2.45, 2.75) is 25.0 Å². The number of benzene rings is 2. The van der Waals surface area contributed by atoms with E-state index in [2.05, 4.69) is 4.90 Å². The third-order valence-corrected chi connectivity index (χ3v) is 5.47. The Morgan fingerprint density at radius 1 is 1.19 bits per heavy atom. The van der Waals surface area contributed by atoms with Crippen LogP contribution in [0.15, 0.2) is 36.4 Å². The van der Waals surface area contributed by atoms with Crippen molar-refractivity contribution in [3.8, 4) is 17.2 Å². The highest BCUT2D eigenvalue weighted by Crippen LogP contribution is 2.41. The van der Waals surface area contributed by atoms with Crippen LogP contribution >= 0.6 is 11.6 Å². The van der Waals surface area contributed by atoms with E-state index in [0.29, 0.717) is 29.4 Å². The summed E-state index contributed by atoms with van der Waals surface area (Å²) in [6.45, 7) is 2.56. The van der Waals surface area contributed by atoms with Gasteiger partial charge in [0, 0.05) is 25.2 Å². The highest BCUT2D eigenvalue weighted by atomic mass is 35.5. The van der Waals surface area contributed by atoms with E-state index in [1.54, 1.807) is 7.11 Å². The molecule has 1 fully saturated rings. The highest BCUT2D eigenvalue weighted by Gasteiger charge is 2.36. The van der Waals surface area contributed by atoms with Gasteiger partial charge in [-0.1, -0.05) is 29.8 Å². The van der Waals surface area contributed by atoms with Crippen molar-refractivity contribution >= 4 is 11.6 Å². The second-order valence-electron chi connectivity index (χ2n) is 6.82. The zero-order valence-electron chi connectivity index (χ0n) is 14.7. The molecule has 6 heteroatoms. The van der Waals surface area contributed by atoms with E-state index in [4.69, 9.17) is 25.8 Å². The van der Waals surface area contributed by atoms with Gasteiger partial charge in [0.15, 0.2) is 11.5 Å². The summed E-state index contributed by atoms with van der Waals surface area (Å²) in [5.41, 5.74) is 1.10. The summed E-state index contributed by atoms with van der Waals surface area (Å²) in [7, 11) is 1.64. The van der Waals surface area contributed by atoms with Crippen LogP contribution in [0.3, 0.4) is 0 Å². The first kappa shape index (κ1) is 17.5. The number of aliphatic hydroxyl groups is 1. The predicted octanol–water partition coefficient (Wildman–Crippen LogP) is 3.56. The molecule has 0 aromatic heterocycles. The van der Waals surface area contributed by atoms with Crippen molar-refractivity contribution in [2.24, 2.45) is 0 Å². The van der Waals surface area contributed by atoms with Gasteiger partial charge in [-0.2, -0.15) is 0 Å². The maximum atomic E-state index is 11.1. The van der Waals surface area contributed by atoms with Crippen molar-refractivity contribution in [1.82, 2.24) is 4.90 Å². The SMILES string of the molecule is COc1ccccc1C1(O)CCN(Cc2cc(Cl)c3c(c2)OCO3)CC1. The fourth-order valence-electron chi connectivity index (χ4n) is 3.75. The summed E-state index contributed by atoms with van der Waals surface area (Å²) in [6, 6.07) is 11.6. The molecule has 0 unspecified atom stereocenters. The molecule has 2 aromatic carbocycles. The van der Waals surface area contributed by atoms with E-state index >= 15 is 0 Å². The van der Waals surface area contributed by atoms with Gasteiger partial charge < -0.3 is 19.3 Å². The van der Waals surface area contributed by atoms with E-state index in [9.17, 15) is 5.11 Å². The predicted molar refractivity (Wildman–Crippen MR) is 99.0 cm³/mol. The number of piperidine rings is 1. The van der Waals surface area contributed by atoms with Gasteiger partial charge >= 0.3 is 0 Å². The van der Waals surface area contributed by atoms with E-state index in [1.165, 1.54) is 0 Å². The lowest BCUT2D eigenvalue weighted by Gasteiger charge is -2.39. The number of hydrogen-bond donors (Lipinski definition) is 1. The molecule has 0 aliphatic carbocycles. The summed E-state index contributed by atoms with van der Waals surface area (Å²) >= 11 is 6.27. The van der Waals surface area contributed by atoms with Crippen LogP contribution in [0.2, 0.25) is 5.02 Å². The minimum atomic E-state index is -0.852. The molecule has 0 saturated carbocycles. The van der Waals surface area contributed by atoms with Crippen molar-refractivity contribution in [3.63, 3.8) is 0 Å². The summed E-state index contributed by atoms with van der Waals surface area (Å²) < 4.78 is 16.2. The van der Waals surface area contributed by atoms with E-state index < -0.39 is 5.60 Å². The first-order valence-corrected chi connectivity index (χ1v) is 9.13. The first-order chi connectivity index (χ1) is 12.6. The number of halogens is 1. The standard InChI is InChI=1S/C20H22ClNO4/c1-24-17-5-3-2-4-15(17)20(23)6-8-22(9-7-20)12-14-10-16(21)19-18(11-14)25-13-26-19/h2-5,10-11,23H,6-9,12-13H2,1H3. The lowest BCUT2D eigenvalue weighted by Crippen LogP contribution is -2.42. The van der Waals surface area contributed by atoms with Gasteiger partial charge in [0.2, 0.25) is 6.79 Å². The Labute approximate surface area is 158 Å². The van der Waals surface area contributed by atoms with Gasteiger partial charge in [0.05, 0.1) is 17.7 Å². The molecule has 2 aliphatic heterocycles. The number of hydrogen-bond acceptors (Lipinski definition) is 5. The molecule has 0 radical (unpaired) electrons. The highest BCUT2D eigenvalue weighted by molar-refractivity contribution is 6.32. The van der Waals surface area contributed by atoms with Crippen LogP contribution in [0.1, 0.15) is 24.0 Å². The average molecular weight is 376 g/mol. The topological polar surface area (TPSA) is 51.2 Å². The number of nitrogens with zero attached hydrogens (tertiary/aromatic N) is 1. The van der Waals surface area contributed by atoms with Gasteiger partial charge in [-0.25, -0.2) is 0 Å². The molecule has 1 N–H and O–H groups in total. The van der Waals surface area contributed by atoms with Crippen LogP contribution in [-0.4, -0.2) is 37.0 Å². The summed E-state index contributed by atoms with van der Waals surface area (Å²) in [4.78, 5) is 2.32. The lowest BCUT2D eigenvalue weighted by molar-refractivity contribution is -0.0292. The van der Waals surface area contributed by atoms with E-state index in [0.717, 1.165) is 36.5 Å². The Kier molecular flexibility index (Phi) is 4.69.